The molecule has 102 valence electrons. The van der Waals surface area contributed by atoms with Gasteiger partial charge in [-0.15, -0.1) is 0 Å². The molecule has 0 aliphatic carbocycles. The second kappa shape index (κ2) is 6.15. The lowest BCUT2D eigenvalue weighted by atomic mass is 9.99. The summed E-state index contributed by atoms with van der Waals surface area (Å²) in [5.74, 6) is 0.436. The number of carbonyl (C=O) groups is 2. The van der Waals surface area contributed by atoms with Gasteiger partial charge in [-0.3, -0.25) is 9.69 Å². The lowest BCUT2D eigenvalue weighted by Crippen LogP contribution is -2.43. The molecule has 0 aromatic heterocycles. The van der Waals surface area contributed by atoms with Gasteiger partial charge in [0.05, 0.1) is 13.1 Å². The van der Waals surface area contributed by atoms with Crippen molar-refractivity contribution in [3.8, 4) is 0 Å². The maximum Gasteiger partial charge on any atom is 0.416 e. The second-order valence-corrected chi connectivity index (χ2v) is 5.07. The van der Waals surface area contributed by atoms with Crippen LogP contribution in [0.3, 0.4) is 0 Å². The van der Waals surface area contributed by atoms with Crippen LogP contribution in [0.25, 0.3) is 0 Å². The van der Waals surface area contributed by atoms with Crippen molar-refractivity contribution in [1.29, 1.82) is 0 Å². The van der Waals surface area contributed by atoms with Gasteiger partial charge in [0.1, 0.15) is 6.61 Å². The average molecular weight is 255 g/mol. The van der Waals surface area contributed by atoms with Crippen LogP contribution in [0.1, 0.15) is 12.8 Å². The van der Waals surface area contributed by atoms with Crippen molar-refractivity contribution in [3.05, 3.63) is 0 Å². The summed E-state index contributed by atoms with van der Waals surface area (Å²) in [6.07, 6.45) is 1.90. The molecule has 2 heterocycles. The SMILES string of the molecule is CN(CC(=O)N1CCOC1=O)CC1CCCNC1. The van der Waals surface area contributed by atoms with Crippen molar-refractivity contribution in [1.82, 2.24) is 15.1 Å². The average Bonchev–Trinajstić information content (AvgIpc) is 2.76. The molecule has 1 atom stereocenters. The molecule has 1 unspecified atom stereocenters. The first kappa shape index (κ1) is 13.3. The second-order valence-electron chi connectivity index (χ2n) is 5.07. The quantitative estimate of drug-likeness (QED) is 0.760. The van der Waals surface area contributed by atoms with Crippen LogP contribution in [0.2, 0.25) is 0 Å². The largest absolute Gasteiger partial charge is 0.447 e. The summed E-state index contributed by atoms with van der Waals surface area (Å²) in [6.45, 7) is 3.99. The number of hydrogen-bond acceptors (Lipinski definition) is 5. The van der Waals surface area contributed by atoms with E-state index in [1.165, 1.54) is 17.7 Å². The fourth-order valence-corrected chi connectivity index (χ4v) is 2.52. The van der Waals surface area contributed by atoms with Crippen molar-refractivity contribution in [3.63, 3.8) is 0 Å². The van der Waals surface area contributed by atoms with Crippen LogP contribution in [-0.4, -0.2) is 68.2 Å². The Bertz CT molecular complexity index is 316. The Kier molecular flexibility index (Phi) is 4.54. The summed E-state index contributed by atoms with van der Waals surface area (Å²) in [5, 5.41) is 3.36. The zero-order chi connectivity index (χ0) is 13.0. The van der Waals surface area contributed by atoms with Gasteiger partial charge in [0.15, 0.2) is 0 Å². The van der Waals surface area contributed by atoms with Gasteiger partial charge >= 0.3 is 6.09 Å². The highest BCUT2D eigenvalue weighted by Crippen LogP contribution is 2.11. The van der Waals surface area contributed by atoms with Crippen molar-refractivity contribution < 1.29 is 14.3 Å². The fraction of sp³-hybridized carbons (Fsp3) is 0.833. The van der Waals surface area contributed by atoms with E-state index in [-0.39, 0.29) is 12.5 Å². The van der Waals surface area contributed by atoms with E-state index in [0.29, 0.717) is 19.1 Å². The Morgan fingerprint density at radius 1 is 1.61 bits per heavy atom. The highest BCUT2D eigenvalue weighted by atomic mass is 16.6. The molecule has 0 bridgehead atoms. The van der Waals surface area contributed by atoms with E-state index in [0.717, 1.165) is 19.6 Å². The molecule has 1 N–H and O–H groups in total. The first-order valence-electron chi connectivity index (χ1n) is 6.53. The van der Waals surface area contributed by atoms with E-state index >= 15 is 0 Å². The van der Waals surface area contributed by atoms with E-state index in [1.807, 2.05) is 11.9 Å². The molecule has 2 fully saturated rings. The summed E-state index contributed by atoms with van der Waals surface area (Å²) in [5.41, 5.74) is 0. The number of piperidine rings is 1. The van der Waals surface area contributed by atoms with Crippen LogP contribution in [-0.2, 0) is 9.53 Å². The van der Waals surface area contributed by atoms with E-state index < -0.39 is 6.09 Å². The van der Waals surface area contributed by atoms with Gasteiger partial charge in [-0.25, -0.2) is 9.69 Å². The molecule has 18 heavy (non-hydrogen) atoms. The van der Waals surface area contributed by atoms with Crippen LogP contribution >= 0.6 is 0 Å². The van der Waals surface area contributed by atoms with Gasteiger partial charge in [0.25, 0.3) is 0 Å². The normalized spacial score (nSPS) is 24.4. The van der Waals surface area contributed by atoms with E-state index in [2.05, 4.69) is 5.32 Å². The topological polar surface area (TPSA) is 61.9 Å². The number of ether oxygens (including phenoxy) is 1. The van der Waals surface area contributed by atoms with Crippen LogP contribution in [0.4, 0.5) is 4.79 Å². The molecule has 0 aromatic rings. The summed E-state index contributed by atoms with van der Waals surface area (Å²) in [6, 6.07) is 0. The van der Waals surface area contributed by atoms with Crippen LogP contribution < -0.4 is 5.32 Å². The molecule has 0 spiro atoms. The van der Waals surface area contributed by atoms with Crippen molar-refractivity contribution in [2.24, 2.45) is 5.92 Å². The monoisotopic (exact) mass is 255 g/mol. The number of likely N-dealkylation sites (N-methyl/N-ethyl adjacent to an activating group) is 1. The zero-order valence-electron chi connectivity index (χ0n) is 10.9. The number of amides is 2. The van der Waals surface area contributed by atoms with Crippen molar-refractivity contribution >= 4 is 12.0 Å². The highest BCUT2D eigenvalue weighted by molar-refractivity contribution is 5.93. The number of hydrogen-bond donors (Lipinski definition) is 1. The van der Waals surface area contributed by atoms with Crippen molar-refractivity contribution in [2.45, 2.75) is 12.8 Å². The van der Waals surface area contributed by atoms with E-state index in [1.54, 1.807) is 0 Å². The van der Waals surface area contributed by atoms with E-state index in [9.17, 15) is 9.59 Å². The Hall–Kier alpha value is -1.14. The molecule has 2 saturated heterocycles. The third-order valence-electron chi connectivity index (χ3n) is 3.44. The molecular weight excluding hydrogens is 234 g/mol. The summed E-state index contributed by atoms with van der Waals surface area (Å²) in [4.78, 5) is 26.3. The number of rotatable bonds is 4. The molecule has 0 aromatic carbocycles. The van der Waals surface area contributed by atoms with Gasteiger partial charge in [-0.05, 0) is 38.9 Å². The number of nitrogens with one attached hydrogen (secondary N) is 1. The predicted octanol–water partition coefficient (Wildman–Crippen LogP) is -0.103. The molecule has 2 aliphatic heterocycles. The Balaban J connectivity index is 1.74. The predicted molar refractivity (Wildman–Crippen MR) is 66.2 cm³/mol. The maximum absolute atomic E-state index is 11.9. The summed E-state index contributed by atoms with van der Waals surface area (Å²) < 4.78 is 4.76. The van der Waals surface area contributed by atoms with Crippen LogP contribution in [0.15, 0.2) is 0 Å². The molecular formula is C12H21N3O3. The third kappa shape index (κ3) is 3.43. The minimum atomic E-state index is -0.507. The van der Waals surface area contributed by atoms with Gasteiger partial charge < -0.3 is 10.1 Å². The lowest BCUT2D eigenvalue weighted by Gasteiger charge is -2.27. The number of imide groups is 1. The molecule has 6 heteroatoms. The number of carbonyl (C=O) groups excluding carboxylic acids is 2. The summed E-state index contributed by atoms with van der Waals surface area (Å²) in [7, 11) is 1.92. The molecule has 2 aliphatic rings. The fourth-order valence-electron chi connectivity index (χ4n) is 2.52. The molecule has 0 radical (unpaired) electrons. The first-order chi connectivity index (χ1) is 8.66. The first-order valence-corrected chi connectivity index (χ1v) is 6.53. The standard InChI is InChI=1S/C12H21N3O3/c1-14(8-10-3-2-4-13-7-10)9-11(16)15-5-6-18-12(15)17/h10,13H,2-9H2,1H3. The molecule has 6 nitrogen and oxygen atoms in total. The smallest absolute Gasteiger partial charge is 0.416 e. The molecule has 0 saturated carbocycles. The molecule has 2 amide bonds. The van der Waals surface area contributed by atoms with Gasteiger partial charge in [0, 0.05) is 6.54 Å². The highest BCUT2D eigenvalue weighted by Gasteiger charge is 2.29. The van der Waals surface area contributed by atoms with Crippen LogP contribution in [0.5, 0.6) is 0 Å². The minimum Gasteiger partial charge on any atom is -0.447 e. The molecule has 2 rings (SSSR count). The third-order valence-corrected chi connectivity index (χ3v) is 3.44. The maximum atomic E-state index is 11.9. The number of nitrogens with zero attached hydrogens (tertiary/aromatic N) is 2. The van der Waals surface area contributed by atoms with E-state index in [4.69, 9.17) is 4.74 Å². The lowest BCUT2D eigenvalue weighted by molar-refractivity contribution is -0.128. The van der Waals surface area contributed by atoms with Gasteiger partial charge in [-0.1, -0.05) is 0 Å². The summed E-state index contributed by atoms with van der Waals surface area (Å²) >= 11 is 0. The van der Waals surface area contributed by atoms with Crippen molar-refractivity contribution in [2.75, 3.05) is 46.4 Å². The van der Waals surface area contributed by atoms with Crippen LogP contribution in [0, 0.1) is 5.92 Å². The van der Waals surface area contributed by atoms with Gasteiger partial charge in [-0.2, -0.15) is 0 Å². The minimum absolute atomic E-state index is 0.163. The zero-order valence-corrected chi connectivity index (χ0v) is 10.9. The number of cyclic esters (lactones) is 1. The Morgan fingerprint density at radius 3 is 3.06 bits per heavy atom. The Labute approximate surface area is 107 Å². The van der Waals surface area contributed by atoms with Gasteiger partial charge in [0.2, 0.25) is 5.91 Å². The Morgan fingerprint density at radius 2 is 2.44 bits per heavy atom.